The Morgan fingerprint density at radius 3 is 2.31 bits per heavy atom. The molecule has 3 aliphatic rings. The third-order valence-corrected chi connectivity index (χ3v) is 11.8. The summed E-state index contributed by atoms with van der Waals surface area (Å²) in [5, 5.41) is 7.97. The Morgan fingerprint density at radius 2 is 1.69 bits per heavy atom. The fraction of sp³-hybridized carbons (Fsp3) is 0.639. The second kappa shape index (κ2) is 15.4. The van der Waals surface area contributed by atoms with Gasteiger partial charge in [0.15, 0.2) is 9.84 Å². The predicted octanol–water partition coefficient (Wildman–Crippen LogP) is 3.55. The molecule has 5 atom stereocenters. The largest absolute Gasteiger partial charge is 0.444 e. The Kier molecular flexibility index (Phi) is 12.0. The van der Waals surface area contributed by atoms with Crippen LogP contribution in [0.2, 0.25) is 0 Å². The molecule has 4 rings (SSSR count). The standard InChI is InChI=1S/C36H52N4O8S/c1-7-8-19-26(30(41)32(43)37-20-21-49(46,47)24-17-13-10-14-18-24)38-31(42)29-27-25(36(27,5)6)22-40(29)33(44)28(23-15-11-9-12-16-23)39-34(45)48-35(2,3)4/h7,10,13-14,17-18,23,25-29H,1,8-9,11-12,15-16,19-22H2,2-6H3,(H,37,43)(H,38,42)(H,39,45)/t25?,26?,27-,28-,29-/m0/s1. The van der Waals surface area contributed by atoms with E-state index in [9.17, 15) is 32.4 Å². The normalized spacial score (nSPS) is 23.0. The van der Waals surface area contributed by atoms with E-state index in [2.05, 4.69) is 22.5 Å². The highest BCUT2D eigenvalue weighted by Crippen LogP contribution is 2.65. The highest BCUT2D eigenvalue weighted by molar-refractivity contribution is 7.91. The molecule has 0 bridgehead atoms. The number of ketones is 1. The number of sulfone groups is 1. The minimum absolute atomic E-state index is 0.0536. The van der Waals surface area contributed by atoms with Crippen LogP contribution in [-0.2, 0) is 33.8 Å². The van der Waals surface area contributed by atoms with Crippen molar-refractivity contribution >= 4 is 39.4 Å². The average Bonchev–Trinajstić information content (AvgIpc) is 3.35. The molecule has 49 heavy (non-hydrogen) atoms. The fourth-order valence-corrected chi connectivity index (χ4v) is 8.55. The van der Waals surface area contributed by atoms with E-state index >= 15 is 0 Å². The van der Waals surface area contributed by atoms with Crippen molar-refractivity contribution in [3.8, 4) is 0 Å². The maximum atomic E-state index is 14.3. The number of hydrogen-bond acceptors (Lipinski definition) is 8. The first kappa shape index (κ1) is 38.1. The number of rotatable bonds is 14. The number of ether oxygens (including phenoxy) is 1. The van der Waals surface area contributed by atoms with Crippen molar-refractivity contribution in [1.29, 1.82) is 0 Å². The van der Waals surface area contributed by atoms with E-state index in [-0.39, 0.29) is 46.9 Å². The van der Waals surface area contributed by atoms with E-state index in [1.54, 1.807) is 45.0 Å². The third kappa shape index (κ3) is 9.29. The van der Waals surface area contributed by atoms with Gasteiger partial charge in [-0.15, -0.1) is 6.58 Å². The lowest BCUT2D eigenvalue weighted by molar-refractivity contribution is -0.145. The second-order valence-electron chi connectivity index (χ2n) is 15.1. The smallest absolute Gasteiger partial charge is 0.408 e. The van der Waals surface area contributed by atoms with Crippen molar-refractivity contribution in [2.45, 2.75) is 108 Å². The van der Waals surface area contributed by atoms with Gasteiger partial charge in [0, 0.05) is 13.1 Å². The summed E-state index contributed by atoms with van der Waals surface area (Å²) in [6, 6.07) is 4.80. The second-order valence-corrected chi connectivity index (χ2v) is 17.2. The van der Waals surface area contributed by atoms with Crippen LogP contribution >= 0.6 is 0 Å². The lowest BCUT2D eigenvalue weighted by Gasteiger charge is -2.37. The molecule has 2 unspecified atom stereocenters. The number of Topliss-reactive ketones (excluding diaryl/α,β-unsaturated/α-hetero) is 1. The first-order chi connectivity index (χ1) is 23.0. The zero-order valence-corrected chi connectivity index (χ0v) is 30.1. The van der Waals surface area contributed by atoms with E-state index in [0.29, 0.717) is 13.0 Å². The van der Waals surface area contributed by atoms with Gasteiger partial charge in [-0.3, -0.25) is 19.2 Å². The van der Waals surface area contributed by atoms with Gasteiger partial charge in [0.25, 0.3) is 5.91 Å². The number of fused-ring (bicyclic) bond motifs is 1. The Bertz CT molecular complexity index is 1510. The summed E-state index contributed by atoms with van der Waals surface area (Å²) in [7, 11) is -3.69. The molecule has 270 valence electrons. The third-order valence-electron chi connectivity index (χ3n) is 10.1. The maximum Gasteiger partial charge on any atom is 0.408 e. The van der Waals surface area contributed by atoms with Crippen molar-refractivity contribution in [2.75, 3.05) is 18.8 Å². The molecular weight excluding hydrogens is 648 g/mol. The van der Waals surface area contributed by atoms with Crippen molar-refractivity contribution in [1.82, 2.24) is 20.9 Å². The van der Waals surface area contributed by atoms with Gasteiger partial charge in [-0.25, -0.2) is 13.2 Å². The molecule has 0 radical (unpaired) electrons. The summed E-state index contributed by atoms with van der Waals surface area (Å²) in [6.45, 7) is 13.1. The summed E-state index contributed by atoms with van der Waals surface area (Å²) in [5.74, 6) is -3.47. The van der Waals surface area contributed by atoms with Gasteiger partial charge >= 0.3 is 6.09 Å². The van der Waals surface area contributed by atoms with Crippen LogP contribution in [0.5, 0.6) is 0 Å². The minimum atomic E-state index is -3.69. The van der Waals surface area contributed by atoms with Crippen LogP contribution in [0.15, 0.2) is 47.9 Å². The molecule has 2 aliphatic carbocycles. The molecule has 1 aromatic rings. The monoisotopic (exact) mass is 700 g/mol. The number of alkyl carbamates (subject to hydrolysis) is 1. The van der Waals surface area contributed by atoms with Crippen LogP contribution in [0.4, 0.5) is 4.79 Å². The fourth-order valence-electron chi connectivity index (χ4n) is 7.38. The summed E-state index contributed by atoms with van der Waals surface area (Å²) >= 11 is 0. The molecular formula is C36H52N4O8S. The molecule has 1 heterocycles. The molecule has 1 saturated heterocycles. The maximum absolute atomic E-state index is 14.3. The van der Waals surface area contributed by atoms with Gasteiger partial charge in [-0.1, -0.05) is 57.4 Å². The zero-order valence-electron chi connectivity index (χ0n) is 29.3. The van der Waals surface area contributed by atoms with Crippen LogP contribution in [0, 0.1) is 23.2 Å². The van der Waals surface area contributed by atoms with Crippen molar-refractivity contribution in [3.63, 3.8) is 0 Å². The van der Waals surface area contributed by atoms with E-state index in [1.165, 1.54) is 17.0 Å². The molecule has 0 aromatic heterocycles. The number of benzene rings is 1. The molecule has 13 heteroatoms. The van der Waals surface area contributed by atoms with Crippen molar-refractivity contribution < 1.29 is 37.1 Å². The summed E-state index contributed by atoms with van der Waals surface area (Å²) < 4.78 is 30.8. The van der Waals surface area contributed by atoms with Crippen LogP contribution < -0.4 is 16.0 Å². The van der Waals surface area contributed by atoms with Crippen LogP contribution in [0.1, 0.15) is 79.6 Å². The van der Waals surface area contributed by atoms with Crippen LogP contribution in [0.25, 0.3) is 0 Å². The van der Waals surface area contributed by atoms with E-state index < -0.39 is 63.0 Å². The number of piperidine rings is 1. The Morgan fingerprint density at radius 1 is 1.04 bits per heavy atom. The number of allylic oxidation sites excluding steroid dienone is 1. The molecule has 2 saturated carbocycles. The zero-order chi connectivity index (χ0) is 36.1. The molecule has 0 spiro atoms. The summed E-state index contributed by atoms with van der Waals surface area (Å²) in [5.41, 5.74) is -0.985. The highest BCUT2D eigenvalue weighted by Gasteiger charge is 2.69. The first-order valence-electron chi connectivity index (χ1n) is 17.3. The molecule has 12 nitrogen and oxygen atoms in total. The molecule has 3 N–H and O–H groups in total. The number of amides is 4. The predicted molar refractivity (Wildman–Crippen MR) is 184 cm³/mol. The van der Waals surface area contributed by atoms with Crippen molar-refractivity contribution in [3.05, 3.63) is 43.0 Å². The lowest BCUT2D eigenvalue weighted by atomic mass is 9.83. The molecule has 3 fully saturated rings. The highest BCUT2D eigenvalue weighted by atomic mass is 32.2. The average molecular weight is 701 g/mol. The number of carbonyl (C=O) groups is 5. The van der Waals surface area contributed by atoms with Gasteiger partial charge in [0.1, 0.15) is 17.7 Å². The van der Waals surface area contributed by atoms with E-state index in [4.69, 9.17) is 4.74 Å². The topological polar surface area (TPSA) is 168 Å². The Labute approximate surface area is 290 Å². The first-order valence-corrected chi connectivity index (χ1v) is 18.9. The van der Waals surface area contributed by atoms with Gasteiger partial charge in [-0.05, 0) is 81.8 Å². The number of hydrogen-bond donors (Lipinski definition) is 3. The van der Waals surface area contributed by atoms with Crippen LogP contribution in [-0.4, -0.2) is 85.5 Å². The SMILES string of the molecule is C=CCCC(NC(=O)[C@@H]1[C@@H]2C(CN1C(=O)[C@@H](NC(=O)OC(C)(C)C)C1CCCCC1)C2(C)C)C(=O)C(=O)NCCS(=O)(=O)c1ccccc1. The van der Waals surface area contributed by atoms with E-state index in [1.807, 2.05) is 13.8 Å². The number of nitrogens with one attached hydrogen (secondary N) is 3. The lowest BCUT2D eigenvalue weighted by Crippen LogP contribution is -2.60. The van der Waals surface area contributed by atoms with Crippen LogP contribution in [0.3, 0.4) is 0 Å². The minimum Gasteiger partial charge on any atom is -0.444 e. The molecule has 1 aliphatic heterocycles. The Balaban J connectivity index is 1.49. The van der Waals surface area contributed by atoms with Gasteiger partial charge < -0.3 is 25.6 Å². The van der Waals surface area contributed by atoms with Gasteiger partial charge in [0.2, 0.25) is 17.6 Å². The van der Waals surface area contributed by atoms with E-state index in [0.717, 1.165) is 32.1 Å². The summed E-state index contributed by atoms with van der Waals surface area (Å²) in [4.78, 5) is 69.3. The number of carbonyl (C=O) groups excluding carboxylic acids is 5. The summed E-state index contributed by atoms with van der Waals surface area (Å²) in [6.07, 6.45) is 5.71. The quantitative estimate of drug-likeness (QED) is 0.196. The van der Waals surface area contributed by atoms with Gasteiger partial charge in [-0.2, -0.15) is 0 Å². The number of nitrogens with zero attached hydrogens (tertiary/aromatic N) is 1. The molecule has 1 aromatic carbocycles. The number of likely N-dealkylation sites (tertiary alicyclic amines) is 1. The molecule has 4 amide bonds. The Hall–Kier alpha value is -3.74. The van der Waals surface area contributed by atoms with Gasteiger partial charge in [0.05, 0.1) is 16.7 Å². The van der Waals surface area contributed by atoms with Crippen molar-refractivity contribution in [2.24, 2.45) is 23.2 Å².